The molecule has 2 aromatic rings. The second-order valence-electron chi connectivity index (χ2n) is 6.07. The lowest BCUT2D eigenvalue weighted by Crippen LogP contribution is -1.90. The Hall–Kier alpha value is -3.73. The van der Waals surface area contributed by atoms with Crippen LogP contribution in [0.4, 0.5) is 0 Å². The van der Waals surface area contributed by atoms with Gasteiger partial charge in [0.2, 0.25) is 0 Å². The molecule has 0 N–H and O–H groups in total. The van der Waals surface area contributed by atoms with Crippen molar-refractivity contribution in [2.24, 2.45) is 0 Å². The Morgan fingerprint density at radius 2 is 1.00 bits per heavy atom. The zero-order chi connectivity index (χ0) is 21.8. The predicted molar refractivity (Wildman–Crippen MR) is 120 cm³/mol. The average Bonchev–Trinajstić information content (AvgIpc) is 2.79. The van der Waals surface area contributed by atoms with E-state index in [4.69, 9.17) is 18.9 Å². The summed E-state index contributed by atoms with van der Waals surface area (Å²) in [7, 11) is 6.38. The monoisotopic (exact) mass is 406 g/mol. The minimum atomic E-state index is -0.107. The highest BCUT2D eigenvalue weighted by Gasteiger charge is 2.03. The van der Waals surface area contributed by atoms with E-state index in [2.05, 4.69) is 0 Å². The Bertz CT molecular complexity index is 890. The molecule has 156 valence electrons. The summed E-state index contributed by atoms with van der Waals surface area (Å²) in [5.74, 6) is 2.55. The second kappa shape index (κ2) is 12.0. The molecule has 0 aliphatic heterocycles. The lowest BCUT2D eigenvalue weighted by molar-refractivity contribution is -0.110. The van der Waals surface area contributed by atoms with Crippen molar-refractivity contribution in [1.82, 2.24) is 0 Å². The van der Waals surface area contributed by atoms with Gasteiger partial charge in [-0.15, -0.1) is 0 Å². The largest absolute Gasteiger partial charge is 0.493 e. The summed E-state index contributed by atoms with van der Waals surface area (Å²) in [5.41, 5.74) is 1.89. The first-order valence-corrected chi connectivity index (χ1v) is 9.28. The van der Waals surface area contributed by atoms with Crippen molar-refractivity contribution in [3.05, 3.63) is 84.0 Å². The van der Waals surface area contributed by atoms with Gasteiger partial charge in [0.25, 0.3) is 0 Å². The van der Waals surface area contributed by atoms with Crippen LogP contribution in [0.25, 0.3) is 12.2 Å². The molecular formula is C25H26O5. The summed E-state index contributed by atoms with van der Waals surface area (Å²) in [4.78, 5) is 11.9. The molecule has 0 aromatic heterocycles. The first-order chi connectivity index (χ1) is 14.6. The number of ether oxygens (including phenoxy) is 4. The van der Waals surface area contributed by atoms with Gasteiger partial charge in [-0.3, -0.25) is 4.79 Å². The number of rotatable bonds is 10. The molecule has 0 spiro atoms. The van der Waals surface area contributed by atoms with E-state index in [9.17, 15) is 4.79 Å². The first kappa shape index (κ1) is 22.6. The van der Waals surface area contributed by atoms with Gasteiger partial charge in [-0.05, 0) is 47.5 Å². The fraction of sp³-hybridized carbons (Fsp3) is 0.160. The highest BCUT2D eigenvalue weighted by atomic mass is 16.5. The Morgan fingerprint density at radius 3 is 1.37 bits per heavy atom. The number of benzene rings is 2. The van der Waals surface area contributed by atoms with E-state index in [1.807, 2.05) is 48.6 Å². The average molecular weight is 406 g/mol. The van der Waals surface area contributed by atoms with Crippen LogP contribution in [0.5, 0.6) is 23.0 Å². The molecule has 0 saturated carbocycles. The lowest BCUT2D eigenvalue weighted by atomic mass is 10.1. The number of hydrogen-bond donors (Lipinski definition) is 0. The molecule has 0 radical (unpaired) electrons. The third-order valence-corrected chi connectivity index (χ3v) is 4.14. The molecule has 5 heteroatoms. The summed E-state index contributed by atoms with van der Waals surface area (Å²) in [6, 6.07) is 11.2. The maximum atomic E-state index is 11.9. The molecule has 30 heavy (non-hydrogen) atoms. The molecule has 0 aliphatic rings. The fourth-order valence-electron chi connectivity index (χ4n) is 2.60. The second-order valence-corrected chi connectivity index (χ2v) is 6.07. The molecule has 2 rings (SSSR count). The number of allylic oxidation sites excluding steroid dienone is 6. The third kappa shape index (κ3) is 6.71. The van der Waals surface area contributed by atoms with E-state index in [1.165, 1.54) is 12.2 Å². The maximum absolute atomic E-state index is 11.9. The van der Waals surface area contributed by atoms with E-state index in [1.54, 1.807) is 52.7 Å². The Labute approximate surface area is 177 Å². The van der Waals surface area contributed by atoms with Crippen LogP contribution in [0.2, 0.25) is 0 Å². The van der Waals surface area contributed by atoms with Crippen LogP contribution in [0.15, 0.2) is 72.9 Å². The van der Waals surface area contributed by atoms with Gasteiger partial charge >= 0.3 is 0 Å². The third-order valence-electron chi connectivity index (χ3n) is 4.14. The number of carbonyl (C=O) groups excluding carboxylic acids is 1. The number of methoxy groups -OCH3 is 4. The Balaban J connectivity index is 1.90. The van der Waals surface area contributed by atoms with Crippen molar-refractivity contribution in [2.75, 3.05) is 28.4 Å². The molecule has 0 amide bonds. The van der Waals surface area contributed by atoms with Gasteiger partial charge < -0.3 is 18.9 Å². The van der Waals surface area contributed by atoms with E-state index in [0.717, 1.165) is 11.1 Å². The number of hydrogen-bond acceptors (Lipinski definition) is 5. The predicted octanol–water partition coefficient (Wildman–Crippen LogP) is 5.13. The van der Waals surface area contributed by atoms with Crippen molar-refractivity contribution >= 4 is 17.9 Å². The number of ketones is 1. The molecular weight excluding hydrogens is 380 g/mol. The van der Waals surface area contributed by atoms with E-state index in [-0.39, 0.29) is 5.78 Å². The quantitative estimate of drug-likeness (QED) is 0.404. The van der Waals surface area contributed by atoms with Crippen molar-refractivity contribution < 1.29 is 23.7 Å². The van der Waals surface area contributed by atoms with Crippen molar-refractivity contribution in [1.29, 1.82) is 0 Å². The molecule has 0 fully saturated rings. The van der Waals surface area contributed by atoms with Crippen molar-refractivity contribution in [2.45, 2.75) is 0 Å². The van der Waals surface area contributed by atoms with Crippen LogP contribution >= 0.6 is 0 Å². The van der Waals surface area contributed by atoms with Gasteiger partial charge in [-0.2, -0.15) is 0 Å². The summed E-state index contributed by atoms with van der Waals surface area (Å²) in [5, 5.41) is 0. The summed E-state index contributed by atoms with van der Waals surface area (Å²) in [6.45, 7) is 0. The van der Waals surface area contributed by atoms with Gasteiger partial charge in [0.05, 0.1) is 28.4 Å². The van der Waals surface area contributed by atoms with E-state index < -0.39 is 0 Å². The minimum Gasteiger partial charge on any atom is -0.493 e. The summed E-state index contributed by atoms with van der Waals surface area (Å²) in [6.07, 6.45) is 13.7. The topological polar surface area (TPSA) is 54.0 Å². The molecule has 0 unspecified atom stereocenters. The van der Waals surface area contributed by atoms with Crippen LogP contribution in [-0.2, 0) is 4.79 Å². The van der Waals surface area contributed by atoms with E-state index >= 15 is 0 Å². The van der Waals surface area contributed by atoms with Crippen LogP contribution < -0.4 is 18.9 Å². The van der Waals surface area contributed by atoms with Gasteiger partial charge in [0, 0.05) is 0 Å². The van der Waals surface area contributed by atoms with Crippen LogP contribution in [-0.4, -0.2) is 34.2 Å². The van der Waals surface area contributed by atoms with Crippen molar-refractivity contribution in [3.63, 3.8) is 0 Å². The molecule has 5 nitrogen and oxygen atoms in total. The molecule has 0 aliphatic carbocycles. The van der Waals surface area contributed by atoms with Crippen LogP contribution in [0, 0.1) is 0 Å². The molecule has 2 aromatic carbocycles. The molecule has 0 heterocycles. The molecule has 0 saturated heterocycles. The van der Waals surface area contributed by atoms with Crippen molar-refractivity contribution in [3.8, 4) is 23.0 Å². The Morgan fingerprint density at radius 1 is 0.600 bits per heavy atom. The fourth-order valence-corrected chi connectivity index (χ4v) is 2.60. The zero-order valence-electron chi connectivity index (χ0n) is 17.6. The summed E-state index contributed by atoms with van der Waals surface area (Å²) < 4.78 is 21.0. The standard InChI is InChI=1S/C25H26O5/c1-27-22-15-13-19(17-24(22)29-3)9-5-7-11-21(26)12-8-6-10-20-14-16-23(28-2)25(18-20)30-4/h5-18H,1-4H3/b9-5+,10-6+,11-7+,12-8+. The SMILES string of the molecule is COc1ccc(/C=C/C=C/C(=O)/C=C/C=C/c2ccc(OC)c(OC)c2)cc1OC. The zero-order valence-corrected chi connectivity index (χ0v) is 17.6. The Kier molecular flexibility index (Phi) is 9.00. The lowest BCUT2D eigenvalue weighted by Gasteiger charge is -2.07. The highest BCUT2D eigenvalue weighted by molar-refractivity contribution is 5.99. The normalized spacial score (nSPS) is 11.6. The highest BCUT2D eigenvalue weighted by Crippen LogP contribution is 2.28. The van der Waals surface area contributed by atoms with Gasteiger partial charge in [0.15, 0.2) is 28.8 Å². The first-order valence-electron chi connectivity index (χ1n) is 9.28. The van der Waals surface area contributed by atoms with Crippen LogP contribution in [0.1, 0.15) is 11.1 Å². The van der Waals surface area contributed by atoms with E-state index in [0.29, 0.717) is 23.0 Å². The number of carbonyl (C=O) groups is 1. The van der Waals surface area contributed by atoms with Gasteiger partial charge in [-0.25, -0.2) is 0 Å². The van der Waals surface area contributed by atoms with Gasteiger partial charge in [-0.1, -0.05) is 48.6 Å². The van der Waals surface area contributed by atoms with Crippen LogP contribution in [0.3, 0.4) is 0 Å². The molecule has 0 bridgehead atoms. The smallest absolute Gasteiger partial charge is 0.178 e. The minimum absolute atomic E-state index is 0.107. The van der Waals surface area contributed by atoms with Gasteiger partial charge in [0.1, 0.15) is 0 Å². The molecule has 0 atom stereocenters. The maximum Gasteiger partial charge on any atom is 0.178 e. The summed E-state index contributed by atoms with van der Waals surface area (Å²) >= 11 is 0.